The van der Waals surface area contributed by atoms with E-state index in [9.17, 15) is 4.79 Å². The van der Waals surface area contributed by atoms with E-state index in [1.807, 2.05) is 6.92 Å². The van der Waals surface area contributed by atoms with E-state index in [0.717, 1.165) is 18.6 Å². The zero-order valence-corrected chi connectivity index (χ0v) is 9.88. The molecule has 0 atom stereocenters. The molecular weight excluding hydrogens is 188 g/mol. The third kappa shape index (κ3) is 5.55. The fraction of sp³-hybridized carbons (Fsp3) is 0.833. The minimum Gasteiger partial charge on any atom is -0.273 e. The lowest BCUT2D eigenvalue weighted by Gasteiger charge is -2.01. The van der Waals surface area contributed by atoms with Crippen molar-refractivity contribution >= 4 is 11.6 Å². The highest BCUT2D eigenvalue weighted by Gasteiger charge is 2.24. The van der Waals surface area contributed by atoms with E-state index >= 15 is 0 Å². The van der Waals surface area contributed by atoms with E-state index < -0.39 is 0 Å². The molecule has 1 fully saturated rings. The fourth-order valence-corrected chi connectivity index (χ4v) is 1.51. The summed E-state index contributed by atoms with van der Waals surface area (Å²) in [4.78, 5) is 11.3. The van der Waals surface area contributed by atoms with Crippen LogP contribution in [0.15, 0.2) is 5.10 Å². The van der Waals surface area contributed by atoms with Crippen LogP contribution in [-0.2, 0) is 4.79 Å². The smallest absolute Gasteiger partial charge is 0.240 e. The molecule has 0 bridgehead atoms. The molecule has 0 unspecified atom stereocenters. The predicted octanol–water partition coefficient (Wildman–Crippen LogP) is 2.86. The van der Waals surface area contributed by atoms with Crippen molar-refractivity contribution < 1.29 is 4.79 Å². The summed E-state index contributed by atoms with van der Waals surface area (Å²) in [6, 6.07) is 0. The molecule has 15 heavy (non-hydrogen) atoms. The molecule has 0 heterocycles. The first-order valence-corrected chi connectivity index (χ1v) is 6.07. The average Bonchev–Trinajstić information content (AvgIpc) is 3.04. The predicted molar refractivity (Wildman–Crippen MR) is 62.7 cm³/mol. The molecule has 1 saturated carbocycles. The first-order valence-electron chi connectivity index (χ1n) is 6.07. The van der Waals surface area contributed by atoms with E-state index in [-0.39, 0.29) is 5.91 Å². The van der Waals surface area contributed by atoms with E-state index in [1.54, 1.807) is 0 Å². The summed E-state index contributed by atoms with van der Waals surface area (Å²) in [5.74, 6) is 0.705. The van der Waals surface area contributed by atoms with Crippen LogP contribution in [0, 0.1) is 5.92 Å². The van der Waals surface area contributed by atoms with Crippen LogP contribution in [0.2, 0.25) is 0 Å². The Morgan fingerprint density at radius 3 is 2.67 bits per heavy atom. The third-order valence-electron chi connectivity index (χ3n) is 2.78. The summed E-state index contributed by atoms with van der Waals surface area (Å²) in [5.41, 5.74) is 3.71. The first kappa shape index (κ1) is 12.2. The van der Waals surface area contributed by atoms with Gasteiger partial charge in [0.1, 0.15) is 0 Å². The lowest BCUT2D eigenvalue weighted by Crippen LogP contribution is -2.18. The van der Waals surface area contributed by atoms with Gasteiger partial charge < -0.3 is 0 Å². The van der Waals surface area contributed by atoms with Crippen molar-refractivity contribution in [2.75, 3.05) is 0 Å². The number of carbonyl (C=O) groups is 1. The van der Waals surface area contributed by atoms with Crippen molar-refractivity contribution in [3.05, 3.63) is 0 Å². The Labute approximate surface area is 92.3 Å². The van der Waals surface area contributed by atoms with Gasteiger partial charge in [0, 0.05) is 12.1 Å². The van der Waals surface area contributed by atoms with Crippen molar-refractivity contribution in [2.45, 2.75) is 58.8 Å². The number of rotatable bonds is 7. The SMILES string of the molecule is CCCCCCC(=O)N/N=C(\C)C1CC1. The standard InChI is InChI=1S/C12H22N2O/c1-3-4-5-6-7-12(15)14-13-10(2)11-8-9-11/h11H,3-9H2,1-2H3,(H,14,15)/b13-10+. The van der Waals surface area contributed by atoms with Crippen LogP contribution in [0.25, 0.3) is 0 Å². The number of hydrazone groups is 1. The maximum absolute atomic E-state index is 11.3. The fourth-order valence-electron chi connectivity index (χ4n) is 1.51. The van der Waals surface area contributed by atoms with Crippen LogP contribution in [0.4, 0.5) is 0 Å². The second kappa shape index (κ2) is 6.59. The molecule has 3 nitrogen and oxygen atoms in total. The molecule has 0 radical (unpaired) electrons. The lowest BCUT2D eigenvalue weighted by molar-refractivity contribution is -0.121. The molecule has 0 spiro atoms. The number of carbonyl (C=O) groups excluding carboxylic acids is 1. The Bertz CT molecular complexity index is 232. The number of hydrogen-bond acceptors (Lipinski definition) is 2. The Kier molecular flexibility index (Phi) is 5.37. The molecule has 0 aliphatic heterocycles. The van der Waals surface area contributed by atoms with E-state index in [4.69, 9.17) is 0 Å². The van der Waals surface area contributed by atoms with E-state index in [1.165, 1.54) is 25.7 Å². The monoisotopic (exact) mass is 210 g/mol. The molecular formula is C12H22N2O. The minimum absolute atomic E-state index is 0.0612. The van der Waals surface area contributed by atoms with Gasteiger partial charge in [-0.2, -0.15) is 5.10 Å². The van der Waals surface area contributed by atoms with Crippen molar-refractivity contribution in [3.63, 3.8) is 0 Å². The molecule has 0 aromatic carbocycles. The van der Waals surface area contributed by atoms with E-state index in [0.29, 0.717) is 12.3 Å². The van der Waals surface area contributed by atoms with Gasteiger partial charge in [-0.25, -0.2) is 5.43 Å². The topological polar surface area (TPSA) is 41.5 Å². The summed E-state index contributed by atoms with van der Waals surface area (Å²) < 4.78 is 0. The number of hydrogen-bond donors (Lipinski definition) is 1. The first-order chi connectivity index (χ1) is 7.24. The third-order valence-corrected chi connectivity index (χ3v) is 2.78. The molecule has 0 saturated heterocycles. The number of nitrogens with one attached hydrogen (secondary N) is 1. The van der Waals surface area contributed by atoms with Crippen LogP contribution in [-0.4, -0.2) is 11.6 Å². The quantitative estimate of drug-likeness (QED) is 0.392. The maximum Gasteiger partial charge on any atom is 0.240 e. The van der Waals surface area contributed by atoms with Gasteiger partial charge in [-0.1, -0.05) is 26.2 Å². The Morgan fingerprint density at radius 2 is 2.07 bits per heavy atom. The van der Waals surface area contributed by atoms with E-state index in [2.05, 4.69) is 17.5 Å². The highest BCUT2D eigenvalue weighted by molar-refractivity contribution is 5.87. The largest absolute Gasteiger partial charge is 0.273 e. The van der Waals surface area contributed by atoms with Gasteiger partial charge in [-0.05, 0) is 32.1 Å². The number of nitrogens with zero attached hydrogens (tertiary/aromatic N) is 1. The van der Waals surface area contributed by atoms with Gasteiger partial charge >= 0.3 is 0 Å². The van der Waals surface area contributed by atoms with Gasteiger partial charge in [0.05, 0.1) is 0 Å². The zero-order chi connectivity index (χ0) is 11.1. The van der Waals surface area contributed by atoms with Gasteiger partial charge in [0.25, 0.3) is 0 Å². The molecule has 1 aliphatic rings. The highest BCUT2D eigenvalue weighted by Crippen LogP contribution is 2.30. The molecule has 1 aliphatic carbocycles. The van der Waals surface area contributed by atoms with Gasteiger partial charge in [-0.15, -0.1) is 0 Å². The molecule has 1 amide bonds. The van der Waals surface area contributed by atoms with Crippen molar-refractivity contribution in [3.8, 4) is 0 Å². The molecule has 0 aromatic rings. The van der Waals surface area contributed by atoms with Crippen LogP contribution in [0.5, 0.6) is 0 Å². The van der Waals surface area contributed by atoms with Crippen LogP contribution >= 0.6 is 0 Å². The molecule has 1 N–H and O–H groups in total. The molecule has 0 aromatic heterocycles. The number of amides is 1. The normalized spacial score (nSPS) is 16.5. The summed E-state index contributed by atoms with van der Waals surface area (Å²) in [5, 5.41) is 4.10. The Morgan fingerprint density at radius 1 is 1.33 bits per heavy atom. The van der Waals surface area contributed by atoms with Gasteiger partial charge in [-0.3, -0.25) is 4.79 Å². The van der Waals surface area contributed by atoms with Crippen molar-refractivity contribution in [1.29, 1.82) is 0 Å². The molecule has 1 rings (SSSR count). The summed E-state index contributed by atoms with van der Waals surface area (Å²) in [6.45, 7) is 4.17. The summed E-state index contributed by atoms with van der Waals surface area (Å²) >= 11 is 0. The Balaban J connectivity index is 2.04. The number of unbranched alkanes of at least 4 members (excludes halogenated alkanes) is 3. The van der Waals surface area contributed by atoms with Crippen LogP contribution in [0.3, 0.4) is 0 Å². The zero-order valence-electron chi connectivity index (χ0n) is 9.88. The molecule has 3 heteroatoms. The Hall–Kier alpha value is -0.860. The van der Waals surface area contributed by atoms with Crippen molar-refractivity contribution in [2.24, 2.45) is 11.0 Å². The van der Waals surface area contributed by atoms with Gasteiger partial charge in [0.15, 0.2) is 0 Å². The second-order valence-corrected chi connectivity index (χ2v) is 4.37. The maximum atomic E-state index is 11.3. The minimum atomic E-state index is 0.0612. The average molecular weight is 210 g/mol. The molecule has 86 valence electrons. The summed E-state index contributed by atoms with van der Waals surface area (Å²) in [6.07, 6.45) is 7.65. The second-order valence-electron chi connectivity index (χ2n) is 4.37. The highest BCUT2D eigenvalue weighted by atomic mass is 16.2. The van der Waals surface area contributed by atoms with Crippen LogP contribution < -0.4 is 5.43 Å². The van der Waals surface area contributed by atoms with Crippen molar-refractivity contribution in [1.82, 2.24) is 5.43 Å². The van der Waals surface area contributed by atoms with Crippen LogP contribution in [0.1, 0.15) is 58.8 Å². The van der Waals surface area contributed by atoms with Gasteiger partial charge in [0.2, 0.25) is 5.91 Å². The summed E-state index contributed by atoms with van der Waals surface area (Å²) in [7, 11) is 0. The lowest BCUT2D eigenvalue weighted by atomic mass is 10.1.